The maximum atomic E-state index is 12.7. The average Bonchev–Trinajstić information content (AvgIpc) is 2.74. The predicted octanol–water partition coefficient (Wildman–Crippen LogP) is 2.48. The monoisotopic (exact) mass is 383 g/mol. The van der Waals surface area contributed by atoms with Gasteiger partial charge in [0, 0.05) is 51.0 Å². The number of carbonyl (C=O) groups is 1. The summed E-state index contributed by atoms with van der Waals surface area (Å²) in [5.41, 5.74) is 2.18. The van der Waals surface area contributed by atoms with E-state index >= 15 is 0 Å². The van der Waals surface area contributed by atoms with Crippen LogP contribution in [0.1, 0.15) is 5.56 Å². The first-order valence-corrected chi connectivity index (χ1v) is 9.58. The predicted molar refractivity (Wildman–Crippen MR) is 111 cm³/mol. The zero-order valence-corrected chi connectivity index (χ0v) is 16.9. The third kappa shape index (κ3) is 4.75. The highest BCUT2D eigenvalue weighted by atomic mass is 16.5. The number of ether oxygens (including phenoxy) is 2. The number of hydrogen-bond donors (Lipinski definition) is 0. The lowest BCUT2D eigenvalue weighted by atomic mass is 10.1. The summed E-state index contributed by atoms with van der Waals surface area (Å²) in [5.74, 6) is 1.47. The Bertz CT molecular complexity index is 774. The van der Waals surface area contributed by atoms with Crippen molar-refractivity contribution in [2.24, 2.45) is 0 Å². The summed E-state index contributed by atoms with van der Waals surface area (Å²) in [6.45, 7) is 4.57. The first-order chi connectivity index (χ1) is 13.6. The van der Waals surface area contributed by atoms with E-state index < -0.39 is 0 Å². The van der Waals surface area contributed by atoms with Gasteiger partial charge in [-0.2, -0.15) is 0 Å². The normalized spacial score (nSPS) is 14.6. The van der Waals surface area contributed by atoms with Crippen LogP contribution in [0.15, 0.2) is 48.5 Å². The number of benzene rings is 2. The molecule has 28 heavy (non-hydrogen) atoms. The van der Waals surface area contributed by atoms with Crippen LogP contribution < -0.4 is 14.4 Å². The van der Waals surface area contributed by atoms with Crippen molar-refractivity contribution in [1.82, 2.24) is 9.80 Å². The van der Waals surface area contributed by atoms with E-state index in [-0.39, 0.29) is 5.91 Å². The van der Waals surface area contributed by atoms with Crippen molar-refractivity contribution >= 4 is 11.6 Å². The fourth-order valence-electron chi connectivity index (χ4n) is 3.54. The summed E-state index contributed by atoms with van der Waals surface area (Å²) in [6.07, 6.45) is 0. The Morgan fingerprint density at radius 2 is 1.68 bits per heavy atom. The van der Waals surface area contributed by atoms with Gasteiger partial charge < -0.3 is 19.3 Å². The molecule has 6 heteroatoms. The Morgan fingerprint density at radius 3 is 2.32 bits per heavy atom. The minimum Gasteiger partial charge on any atom is -0.493 e. The second-order valence-corrected chi connectivity index (χ2v) is 7.00. The maximum absolute atomic E-state index is 12.7. The molecular weight excluding hydrogens is 354 g/mol. The lowest BCUT2D eigenvalue weighted by Crippen LogP contribution is -2.49. The summed E-state index contributed by atoms with van der Waals surface area (Å²) < 4.78 is 10.8. The molecule has 1 heterocycles. The van der Waals surface area contributed by atoms with E-state index in [1.54, 1.807) is 19.1 Å². The van der Waals surface area contributed by atoms with Gasteiger partial charge in [-0.15, -0.1) is 0 Å². The van der Waals surface area contributed by atoms with Crippen molar-refractivity contribution in [3.8, 4) is 11.5 Å². The van der Waals surface area contributed by atoms with Crippen molar-refractivity contribution in [1.29, 1.82) is 0 Å². The average molecular weight is 383 g/mol. The molecule has 1 saturated heterocycles. The summed E-state index contributed by atoms with van der Waals surface area (Å²) in [4.78, 5) is 19.1. The quantitative estimate of drug-likeness (QED) is 0.735. The summed E-state index contributed by atoms with van der Waals surface area (Å²) >= 11 is 0. The Morgan fingerprint density at radius 1 is 0.964 bits per heavy atom. The van der Waals surface area contributed by atoms with Gasteiger partial charge in [-0.05, 0) is 18.2 Å². The molecule has 0 N–H and O–H groups in total. The molecule has 1 aliphatic heterocycles. The zero-order chi connectivity index (χ0) is 19.9. The van der Waals surface area contributed by atoms with Crippen molar-refractivity contribution < 1.29 is 14.3 Å². The van der Waals surface area contributed by atoms with Gasteiger partial charge in [-0.3, -0.25) is 9.69 Å². The van der Waals surface area contributed by atoms with Crippen LogP contribution in [0.3, 0.4) is 0 Å². The van der Waals surface area contributed by atoms with Crippen molar-refractivity contribution in [2.75, 3.05) is 58.9 Å². The fraction of sp³-hybridized carbons (Fsp3) is 0.409. The SMILES string of the molecule is COc1cccc(CN(C)C(=O)CN2CCN(c3ccccc3)CC2)c1OC. The van der Waals surface area contributed by atoms with Gasteiger partial charge in [0.1, 0.15) is 0 Å². The van der Waals surface area contributed by atoms with E-state index in [2.05, 4.69) is 34.1 Å². The number of rotatable bonds is 7. The van der Waals surface area contributed by atoms with Crippen LogP contribution in [0.25, 0.3) is 0 Å². The number of hydrogen-bond acceptors (Lipinski definition) is 5. The van der Waals surface area contributed by atoms with Crippen LogP contribution in [0, 0.1) is 0 Å². The van der Waals surface area contributed by atoms with Gasteiger partial charge in [0.05, 0.1) is 20.8 Å². The second kappa shape index (κ2) is 9.46. The number of carbonyl (C=O) groups excluding carboxylic acids is 1. The van der Waals surface area contributed by atoms with Crippen LogP contribution in [0.2, 0.25) is 0 Å². The summed E-state index contributed by atoms with van der Waals surface area (Å²) in [5, 5.41) is 0. The van der Waals surface area contributed by atoms with E-state index in [0.29, 0.717) is 24.6 Å². The van der Waals surface area contributed by atoms with E-state index in [0.717, 1.165) is 31.7 Å². The van der Waals surface area contributed by atoms with Crippen LogP contribution >= 0.6 is 0 Å². The van der Waals surface area contributed by atoms with Crippen molar-refractivity contribution in [2.45, 2.75) is 6.54 Å². The van der Waals surface area contributed by atoms with Crippen LogP contribution in [0.5, 0.6) is 11.5 Å². The first-order valence-electron chi connectivity index (χ1n) is 9.58. The number of amides is 1. The van der Waals surface area contributed by atoms with Crippen LogP contribution in [-0.2, 0) is 11.3 Å². The number of nitrogens with zero attached hydrogens (tertiary/aromatic N) is 3. The van der Waals surface area contributed by atoms with Gasteiger partial charge in [-0.25, -0.2) is 0 Å². The summed E-state index contributed by atoms with van der Waals surface area (Å²) in [6, 6.07) is 16.2. The number of anilines is 1. The van der Waals surface area contributed by atoms with Crippen molar-refractivity contribution in [3.05, 3.63) is 54.1 Å². The minimum atomic E-state index is 0.109. The molecular formula is C22H29N3O3. The molecule has 1 aliphatic rings. The smallest absolute Gasteiger partial charge is 0.236 e. The summed E-state index contributed by atoms with van der Waals surface area (Å²) in [7, 11) is 5.07. The molecule has 3 rings (SSSR count). The molecule has 0 radical (unpaired) electrons. The molecule has 0 saturated carbocycles. The van der Waals surface area contributed by atoms with Gasteiger partial charge in [0.2, 0.25) is 5.91 Å². The third-order valence-corrected chi connectivity index (χ3v) is 5.17. The topological polar surface area (TPSA) is 45.2 Å². The number of methoxy groups -OCH3 is 2. The molecule has 0 atom stereocenters. The van der Waals surface area contributed by atoms with E-state index in [1.807, 2.05) is 31.3 Å². The first kappa shape index (κ1) is 20.0. The molecule has 1 fully saturated rings. The Labute approximate surface area is 167 Å². The lowest BCUT2D eigenvalue weighted by molar-refractivity contribution is -0.131. The second-order valence-electron chi connectivity index (χ2n) is 7.00. The Kier molecular flexibility index (Phi) is 6.76. The van der Waals surface area contributed by atoms with E-state index in [4.69, 9.17) is 9.47 Å². The highest BCUT2D eigenvalue weighted by Gasteiger charge is 2.21. The minimum absolute atomic E-state index is 0.109. The van der Waals surface area contributed by atoms with Gasteiger partial charge >= 0.3 is 0 Å². The molecule has 6 nitrogen and oxygen atoms in total. The molecule has 1 amide bonds. The number of para-hydroxylation sites is 2. The molecule has 2 aromatic rings. The Hall–Kier alpha value is -2.73. The van der Waals surface area contributed by atoms with Gasteiger partial charge in [0.15, 0.2) is 11.5 Å². The number of piperazine rings is 1. The van der Waals surface area contributed by atoms with E-state index in [1.165, 1.54) is 5.69 Å². The highest BCUT2D eigenvalue weighted by molar-refractivity contribution is 5.78. The Balaban J connectivity index is 1.53. The van der Waals surface area contributed by atoms with Crippen LogP contribution in [0.4, 0.5) is 5.69 Å². The molecule has 2 aromatic carbocycles. The molecule has 0 aromatic heterocycles. The molecule has 0 unspecified atom stereocenters. The molecule has 0 spiro atoms. The highest BCUT2D eigenvalue weighted by Crippen LogP contribution is 2.31. The van der Waals surface area contributed by atoms with E-state index in [9.17, 15) is 4.79 Å². The van der Waals surface area contributed by atoms with Gasteiger partial charge in [0.25, 0.3) is 0 Å². The molecule has 150 valence electrons. The fourth-order valence-corrected chi connectivity index (χ4v) is 3.54. The zero-order valence-electron chi connectivity index (χ0n) is 16.9. The molecule has 0 aliphatic carbocycles. The van der Waals surface area contributed by atoms with Crippen LogP contribution in [-0.4, -0.2) is 69.7 Å². The number of likely N-dealkylation sites (N-methyl/N-ethyl adjacent to an activating group) is 1. The third-order valence-electron chi connectivity index (χ3n) is 5.17. The lowest BCUT2D eigenvalue weighted by Gasteiger charge is -2.36. The maximum Gasteiger partial charge on any atom is 0.236 e. The van der Waals surface area contributed by atoms with Gasteiger partial charge in [-0.1, -0.05) is 30.3 Å². The molecule has 0 bridgehead atoms. The standard InChI is InChI=1S/C22H29N3O3/c1-23(16-18-8-7-11-20(27-2)22(18)28-3)21(26)17-24-12-14-25(15-13-24)19-9-5-4-6-10-19/h4-11H,12-17H2,1-3H3. The largest absolute Gasteiger partial charge is 0.493 e. The van der Waals surface area contributed by atoms with Crippen molar-refractivity contribution in [3.63, 3.8) is 0 Å².